The van der Waals surface area contributed by atoms with Gasteiger partial charge in [0.2, 0.25) is 11.7 Å². The van der Waals surface area contributed by atoms with Crippen molar-refractivity contribution < 1.29 is 14.3 Å². The van der Waals surface area contributed by atoms with Crippen molar-refractivity contribution in [1.82, 2.24) is 9.97 Å². The van der Waals surface area contributed by atoms with Crippen molar-refractivity contribution in [3.8, 4) is 0 Å². The third-order valence-corrected chi connectivity index (χ3v) is 3.23. The molecule has 0 aromatic carbocycles. The molecule has 0 bridgehead atoms. The Hall–Kier alpha value is -2.18. The maximum atomic E-state index is 11.4. The summed E-state index contributed by atoms with van der Waals surface area (Å²) in [4.78, 5) is 32.5. The summed E-state index contributed by atoms with van der Waals surface area (Å²) in [5, 5.41) is 0. The number of rotatable bonds is 3. The Balaban J connectivity index is 2.07. The Bertz CT molecular complexity index is 484. The van der Waals surface area contributed by atoms with Crippen LogP contribution < -0.4 is 10.6 Å². The van der Waals surface area contributed by atoms with Gasteiger partial charge < -0.3 is 15.4 Å². The summed E-state index contributed by atoms with van der Waals surface area (Å²) in [7, 11) is 1.29. The van der Waals surface area contributed by atoms with Gasteiger partial charge in [0.1, 0.15) is 5.82 Å². The lowest BCUT2D eigenvalue weighted by Gasteiger charge is -2.31. The van der Waals surface area contributed by atoms with Crippen LogP contribution in [0.25, 0.3) is 0 Å². The number of nitrogens with two attached hydrogens (primary N) is 1. The van der Waals surface area contributed by atoms with Crippen LogP contribution in [-0.4, -0.2) is 42.0 Å². The van der Waals surface area contributed by atoms with E-state index in [2.05, 4.69) is 14.7 Å². The van der Waals surface area contributed by atoms with Crippen molar-refractivity contribution in [2.75, 3.05) is 25.1 Å². The number of nitrogens with zero attached hydrogens (tertiary/aromatic N) is 3. The van der Waals surface area contributed by atoms with Crippen LogP contribution >= 0.6 is 0 Å². The molecule has 7 nitrogen and oxygen atoms in total. The van der Waals surface area contributed by atoms with Gasteiger partial charge in [-0.25, -0.2) is 14.8 Å². The van der Waals surface area contributed by atoms with Crippen LogP contribution in [0.1, 0.15) is 23.5 Å². The monoisotopic (exact) mass is 264 g/mol. The molecule has 102 valence electrons. The number of aromatic nitrogens is 2. The lowest BCUT2D eigenvalue weighted by molar-refractivity contribution is -0.122. The van der Waals surface area contributed by atoms with Crippen LogP contribution in [-0.2, 0) is 9.53 Å². The Labute approximate surface area is 110 Å². The number of methoxy groups -OCH3 is 1. The molecule has 0 saturated carbocycles. The fraction of sp³-hybridized carbons (Fsp3) is 0.500. The zero-order valence-electron chi connectivity index (χ0n) is 10.7. The van der Waals surface area contributed by atoms with Crippen LogP contribution in [0.5, 0.6) is 0 Å². The average Bonchev–Trinajstić information content (AvgIpc) is 2.46. The molecule has 1 aliphatic heterocycles. The first-order chi connectivity index (χ1) is 9.11. The molecular weight excluding hydrogens is 248 g/mol. The highest BCUT2D eigenvalue weighted by Crippen LogP contribution is 2.21. The quantitative estimate of drug-likeness (QED) is 0.769. The molecule has 1 aliphatic rings. The van der Waals surface area contributed by atoms with Crippen molar-refractivity contribution in [3.05, 3.63) is 18.1 Å². The molecule has 1 aromatic heterocycles. The molecule has 1 aromatic rings. The van der Waals surface area contributed by atoms with Gasteiger partial charge in [0.25, 0.3) is 0 Å². The first kappa shape index (κ1) is 13.3. The van der Waals surface area contributed by atoms with E-state index in [4.69, 9.17) is 5.73 Å². The molecule has 0 spiro atoms. The Morgan fingerprint density at radius 3 is 2.68 bits per heavy atom. The smallest absolute Gasteiger partial charge is 0.376 e. The van der Waals surface area contributed by atoms with Gasteiger partial charge in [-0.1, -0.05) is 0 Å². The number of hydrogen-bond acceptors (Lipinski definition) is 6. The van der Waals surface area contributed by atoms with Crippen molar-refractivity contribution >= 4 is 17.7 Å². The minimum Gasteiger partial charge on any atom is -0.463 e. The Morgan fingerprint density at radius 1 is 1.42 bits per heavy atom. The van der Waals surface area contributed by atoms with E-state index >= 15 is 0 Å². The first-order valence-corrected chi connectivity index (χ1v) is 6.07. The Morgan fingerprint density at radius 2 is 2.11 bits per heavy atom. The zero-order valence-corrected chi connectivity index (χ0v) is 10.7. The summed E-state index contributed by atoms with van der Waals surface area (Å²) in [5.41, 5.74) is 5.29. The van der Waals surface area contributed by atoms with Crippen molar-refractivity contribution in [2.45, 2.75) is 12.8 Å². The lowest BCUT2D eigenvalue weighted by atomic mass is 9.96. The van der Waals surface area contributed by atoms with E-state index in [1.54, 1.807) is 6.07 Å². The van der Waals surface area contributed by atoms with Gasteiger partial charge >= 0.3 is 5.97 Å². The summed E-state index contributed by atoms with van der Waals surface area (Å²) in [6.07, 6.45) is 2.93. The second kappa shape index (κ2) is 5.64. The van der Waals surface area contributed by atoms with Gasteiger partial charge in [-0.2, -0.15) is 0 Å². The number of piperidine rings is 1. The van der Waals surface area contributed by atoms with E-state index < -0.39 is 5.97 Å². The summed E-state index contributed by atoms with van der Waals surface area (Å²) >= 11 is 0. The minimum atomic E-state index is -0.561. The SMILES string of the molecule is COC(=O)c1nccc(N2CCC(C(N)=O)CC2)n1. The van der Waals surface area contributed by atoms with Crippen LogP contribution in [0, 0.1) is 5.92 Å². The number of amides is 1. The number of carbonyl (C=O) groups is 2. The van der Waals surface area contributed by atoms with E-state index in [9.17, 15) is 9.59 Å². The highest BCUT2D eigenvalue weighted by atomic mass is 16.5. The van der Waals surface area contributed by atoms with Gasteiger partial charge in [-0.15, -0.1) is 0 Å². The third kappa shape index (κ3) is 2.98. The fourth-order valence-electron chi connectivity index (χ4n) is 2.11. The van der Waals surface area contributed by atoms with Gasteiger partial charge in [-0.3, -0.25) is 4.79 Å². The van der Waals surface area contributed by atoms with Crippen molar-refractivity contribution in [1.29, 1.82) is 0 Å². The Kier molecular flexibility index (Phi) is 3.94. The number of anilines is 1. The fourth-order valence-corrected chi connectivity index (χ4v) is 2.11. The number of primary amides is 1. The highest BCUT2D eigenvalue weighted by Gasteiger charge is 2.24. The average molecular weight is 264 g/mol. The van der Waals surface area contributed by atoms with Crippen LogP contribution in [0.15, 0.2) is 12.3 Å². The number of carbonyl (C=O) groups excluding carboxylic acids is 2. The van der Waals surface area contributed by atoms with E-state index in [0.717, 1.165) is 0 Å². The van der Waals surface area contributed by atoms with Crippen LogP contribution in [0.4, 0.5) is 5.82 Å². The molecule has 0 unspecified atom stereocenters. The summed E-state index contributed by atoms with van der Waals surface area (Å²) in [5.74, 6) is -0.181. The van der Waals surface area contributed by atoms with Crippen LogP contribution in [0.2, 0.25) is 0 Å². The predicted octanol–water partition coefficient (Wildman–Crippen LogP) is -0.0351. The molecule has 2 rings (SSSR count). The largest absolute Gasteiger partial charge is 0.463 e. The molecule has 7 heteroatoms. The maximum absolute atomic E-state index is 11.4. The molecule has 2 heterocycles. The number of esters is 1. The molecule has 1 fully saturated rings. The molecule has 0 radical (unpaired) electrons. The molecule has 1 saturated heterocycles. The molecule has 0 atom stereocenters. The lowest BCUT2D eigenvalue weighted by Crippen LogP contribution is -2.39. The molecule has 19 heavy (non-hydrogen) atoms. The highest BCUT2D eigenvalue weighted by molar-refractivity contribution is 5.85. The molecular formula is C12H16N4O3. The van der Waals surface area contributed by atoms with Gasteiger partial charge in [0.15, 0.2) is 0 Å². The topological polar surface area (TPSA) is 98.4 Å². The summed E-state index contributed by atoms with van der Waals surface area (Å²) in [6, 6.07) is 1.73. The normalized spacial score (nSPS) is 16.2. The van der Waals surface area contributed by atoms with Gasteiger partial charge in [0, 0.05) is 25.2 Å². The molecule has 0 aliphatic carbocycles. The van der Waals surface area contributed by atoms with Gasteiger partial charge in [-0.05, 0) is 18.9 Å². The van der Waals surface area contributed by atoms with Crippen molar-refractivity contribution in [2.24, 2.45) is 11.7 Å². The second-order valence-corrected chi connectivity index (χ2v) is 4.39. The minimum absolute atomic E-state index is 0.0389. The zero-order chi connectivity index (χ0) is 13.8. The summed E-state index contributed by atoms with van der Waals surface area (Å²) in [6.45, 7) is 1.37. The first-order valence-electron chi connectivity index (χ1n) is 6.07. The van der Waals surface area contributed by atoms with Gasteiger partial charge in [0.05, 0.1) is 7.11 Å². The molecule has 1 amide bonds. The van der Waals surface area contributed by atoms with E-state index in [1.807, 2.05) is 4.90 Å². The maximum Gasteiger partial charge on any atom is 0.376 e. The van der Waals surface area contributed by atoms with E-state index in [-0.39, 0.29) is 17.6 Å². The predicted molar refractivity (Wildman–Crippen MR) is 67.5 cm³/mol. The number of ether oxygens (including phenoxy) is 1. The molecule has 2 N–H and O–H groups in total. The van der Waals surface area contributed by atoms with E-state index in [0.29, 0.717) is 31.7 Å². The van der Waals surface area contributed by atoms with Crippen LogP contribution in [0.3, 0.4) is 0 Å². The summed E-state index contributed by atoms with van der Waals surface area (Å²) < 4.78 is 4.58. The number of hydrogen-bond donors (Lipinski definition) is 1. The standard InChI is InChI=1S/C12H16N4O3/c1-19-12(18)11-14-5-2-9(15-11)16-6-3-8(4-7-16)10(13)17/h2,5,8H,3-4,6-7H2,1H3,(H2,13,17). The van der Waals surface area contributed by atoms with E-state index in [1.165, 1.54) is 13.3 Å². The van der Waals surface area contributed by atoms with Crippen molar-refractivity contribution in [3.63, 3.8) is 0 Å². The second-order valence-electron chi connectivity index (χ2n) is 4.39. The third-order valence-electron chi connectivity index (χ3n) is 3.23.